The molecule has 198 valence electrons. The molecule has 2 aromatic heterocycles. The first-order valence-corrected chi connectivity index (χ1v) is 12.8. The standard InChI is InChI=1S/C29H25FN4O4S/c30-28-32-25-22(26(39)33-28)31-17-34(25)27-24(36)23(35)21(38-27)16-37-29(18-10-4-1-5-11-18,19-12-6-2-7-13-19)20-14-8-3-9-15-20/h1-15,17,21,23-24,27,35-36H,16H2,(H,32,33,39)/t21-,23-,24-,27-/m1/s1. The maximum atomic E-state index is 14.0. The number of aliphatic hydroxyl groups excluding tert-OH is 2. The van der Waals surface area contributed by atoms with Crippen molar-refractivity contribution in [2.24, 2.45) is 0 Å². The van der Waals surface area contributed by atoms with Gasteiger partial charge in [-0.25, -0.2) is 4.98 Å². The third-order valence-electron chi connectivity index (χ3n) is 7.02. The Bertz CT molecular complexity index is 1530. The molecule has 1 saturated heterocycles. The predicted octanol–water partition coefficient (Wildman–Crippen LogP) is 4.26. The van der Waals surface area contributed by atoms with Crippen molar-refractivity contribution >= 4 is 23.4 Å². The summed E-state index contributed by atoms with van der Waals surface area (Å²) in [5.41, 5.74) is 1.99. The summed E-state index contributed by atoms with van der Waals surface area (Å²) in [5.74, 6) is 0. The number of H-pyrrole nitrogens is 1. The third-order valence-corrected chi connectivity index (χ3v) is 7.32. The average molecular weight is 545 g/mol. The summed E-state index contributed by atoms with van der Waals surface area (Å²) in [4.78, 5) is 10.3. The molecule has 5 aromatic rings. The summed E-state index contributed by atoms with van der Waals surface area (Å²) < 4.78 is 28.3. The summed E-state index contributed by atoms with van der Waals surface area (Å²) in [6.45, 7) is -0.0676. The van der Waals surface area contributed by atoms with Crippen LogP contribution in [0.3, 0.4) is 0 Å². The van der Waals surface area contributed by atoms with Crippen LogP contribution in [0.4, 0.5) is 4.39 Å². The van der Waals surface area contributed by atoms with E-state index in [0.717, 1.165) is 16.7 Å². The number of nitrogens with one attached hydrogen (secondary N) is 1. The molecule has 1 aliphatic heterocycles. The number of rotatable bonds is 7. The maximum absolute atomic E-state index is 14.0. The molecule has 0 amide bonds. The molecule has 0 bridgehead atoms. The predicted molar refractivity (Wildman–Crippen MR) is 144 cm³/mol. The van der Waals surface area contributed by atoms with Gasteiger partial charge in [0.1, 0.15) is 34.1 Å². The van der Waals surface area contributed by atoms with Gasteiger partial charge in [-0.3, -0.25) is 4.57 Å². The third kappa shape index (κ3) is 4.46. The Balaban J connectivity index is 1.37. The molecule has 3 heterocycles. The minimum atomic E-state index is -1.35. The van der Waals surface area contributed by atoms with Gasteiger partial charge in [0.25, 0.3) is 6.08 Å². The van der Waals surface area contributed by atoms with Crippen LogP contribution in [-0.4, -0.2) is 54.7 Å². The summed E-state index contributed by atoms with van der Waals surface area (Å²) >= 11 is 5.14. The molecule has 4 atom stereocenters. The van der Waals surface area contributed by atoms with E-state index in [4.69, 9.17) is 21.7 Å². The Morgan fingerprint density at radius 3 is 1.97 bits per heavy atom. The Morgan fingerprint density at radius 2 is 1.44 bits per heavy atom. The minimum Gasteiger partial charge on any atom is -0.387 e. The van der Waals surface area contributed by atoms with Gasteiger partial charge in [-0.2, -0.15) is 9.37 Å². The number of aliphatic hydroxyl groups is 2. The summed E-state index contributed by atoms with van der Waals surface area (Å²) in [5, 5.41) is 22.0. The fraction of sp³-hybridized carbons (Fsp3) is 0.207. The molecule has 0 saturated carbocycles. The number of hydrogen-bond donors (Lipinski definition) is 3. The molecule has 0 unspecified atom stereocenters. The van der Waals surface area contributed by atoms with Crippen molar-refractivity contribution in [3.63, 3.8) is 0 Å². The molecule has 3 aromatic carbocycles. The summed E-state index contributed by atoms with van der Waals surface area (Å²) in [6, 6.07) is 29.4. The molecule has 0 spiro atoms. The Hall–Kier alpha value is -3.80. The maximum Gasteiger partial charge on any atom is 0.289 e. The topological polar surface area (TPSA) is 105 Å². The number of ether oxygens (including phenoxy) is 2. The largest absolute Gasteiger partial charge is 0.387 e. The van der Waals surface area contributed by atoms with Gasteiger partial charge in [-0.15, -0.1) is 0 Å². The van der Waals surface area contributed by atoms with Crippen LogP contribution < -0.4 is 0 Å². The second-order valence-electron chi connectivity index (χ2n) is 9.32. The van der Waals surface area contributed by atoms with Crippen LogP contribution in [0.2, 0.25) is 0 Å². The van der Waals surface area contributed by atoms with Gasteiger partial charge in [0.05, 0.1) is 12.9 Å². The van der Waals surface area contributed by atoms with Crippen LogP contribution in [-0.2, 0) is 15.1 Å². The van der Waals surface area contributed by atoms with E-state index < -0.39 is 36.2 Å². The highest BCUT2D eigenvalue weighted by Crippen LogP contribution is 2.41. The van der Waals surface area contributed by atoms with Crippen molar-refractivity contribution < 1.29 is 24.1 Å². The first kappa shape index (κ1) is 25.5. The van der Waals surface area contributed by atoms with Crippen LogP contribution in [0.25, 0.3) is 11.2 Å². The van der Waals surface area contributed by atoms with Gasteiger partial charge in [0, 0.05) is 0 Å². The lowest BCUT2D eigenvalue weighted by Crippen LogP contribution is -2.39. The molecule has 0 radical (unpaired) electrons. The van der Waals surface area contributed by atoms with Gasteiger partial charge in [-0.05, 0) is 16.7 Å². The van der Waals surface area contributed by atoms with Crippen molar-refractivity contribution in [3.05, 3.63) is 125 Å². The number of benzene rings is 3. The fourth-order valence-corrected chi connectivity index (χ4v) is 5.39. The van der Waals surface area contributed by atoms with Crippen LogP contribution in [0.1, 0.15) is 22.9 Å². The average Bonchev–Trinajstić information content (AvgIpc) is 3.51. The highest BCUT2D eigenvalue weighted by molar-refractivity contribution is 7.71. The Kier molecular flexibility index (Phi) is 6.79. The molecule has 0 aliphatic carbocycles. The lowest BCUT2D eigenvalue weighted by atomic mass is 9.80. The fourth-order valence-electron chi connectivity index (χ4n) is 5.16. The van der Waals surface area contributed by atoms with E-state index in [9.17, 15) is 14.6 Å². The normalized spacial score (nSPS) is 21.4. The second-order valence-corrected chi connectivity index (χ2v) is 9.73. The molecule has 8 nitrogen and oxygen atoms in total. The van der Waals surface area contributed by atoms with Crippen molar-refractivity contribution in [3.8, 4) is 0 Å². The number of aromatic nitrogens is 4. The van der Waals surface area contributed by atoms with Crippen LogP contribution >= 0.6 is 12.2 Å². The second kappa shape index (κ2) is 10.4. The van der Waals surface area contributed by atoms with E-state index in [1.807, 2.05) is 91.0 Å². The van der Waals surface area contributed by atoms with Gasteiger partial charge in [0.2, 0.25) is 0 Å². The number of hydrogen-bond acceptors (Lipinski definition) is 7. The number of halogens is 1. The zero-order valence-electron chi connectivity index (χ0n) is 20.6. The number of fused-ring (bicyclic) bond motifs is 1. The van der Waals surface area contributed by atoms with Gasteiger partial charge in [-0.1, -0.05) is 103 Å². The van der Waals surface area contributed by atoms with E-state index in [2.05, 4.69) is 15.0 Å². The molecule has 10 heteroatoms. The lowest BCUT2D eigenvalue weighted by molar-refractivity contribution is -0.0942. The highest BCUT2D eigenvalue weighted by atomic mass is 32.1. The van der Waals surface area contributed by atoms with Crippen molar-refractivity contribution in [2.75, 3.05) is 6.61 Å². The number of imidazole rings is 1. The number of aromatic amines is 1. The summed E-state index contributed by atoms with van der Waals surface area (Å²) in [6.07, 6.45) is -4.18. The smallest absolute Gasteiger partial charge is 0.289 e. The lowest BCUT2D eigenvalue weighted by Gasteiger charge is -2.37. The van der Waals surface area contributed by atoms with Crippen molar-refractivity contribution in [1.82, 2.24) is 19.5 Å². The van der Waals surface area contributed by atoms with E-state index >= 15 is 0 Å². The van der Waals surface area contributed by atoms with E-state index in [1.165, 1.54) is 10.9 Å². The first-order valence-electron chi connectivity index (χ1n) is 12.4. The van der Waals surface area contributed by atoms with Crippen molar-refractivity contribution in [2.45, 2.75) is 30.1 Å². The van der Waals surface area contributed by atoms with Crippen LogP contribution in [0.15, 0.2) is 97.3 Å². The van der Waals surface area contributed by atoms with Gasteiger partial charge < -0.3 is 24.7 Å². The molecule has 3 N–H and O–H groups in total. The number of nitrogens with zero attached hydrogens (tertiary/aromatic N) is 3. The Labute approximate surface area is 228 Å². The quantitative estimate of drug-likeness (QED) is 0.160. The van der Waals surface area contributed by atoms with Crippen molar-refractivity contribution in [1.29, 1.82) is 0 Å². The molecule has 6 rings (SSSR count). The Morgan fingerprint density at radius 1 is 0.897 bits per heavy atom. The monoisotopic (exact) mass is 544 g/mol. The van der Waals surface area contributed by atoms with Crippen LogP contribution in [0, 0.1) is 10.7 Å². The molecule has 1 fully saturated rings. The van der Waals surface area contributed by atoms with Crippen LogP contribution in [0.5, 0.6) is 0 Å². The van der Waals surface area contributed by atoms with E-state index in [-0.39, 0.29) is 22.4 Å². The first-order chi connectivity index (χ1) is 19.0. The zero-order chi connectivity index (χ0) is 27.0. The molecular formula is C29H25FN4O4S. The zero-order valence-corrected chi connectivity index (χ0v) is 21.4. The molecule has 39 heavy (non-hydrogen) atoms. The SMILES string of the molecule is O[C@@H]1[C@H](O)[C@@H](COC(c2ccccc2)(c2ccccc2)c2ccccc2)O[C@H]1n1cnc2c(=S)[nH]c(F)nc21. The molecular weight excluding hydrogens is 519 g/mol. The van der Waals surface area contributed by atoms with E-state index in [0.29, 0.717) is 0 Å². The minimum absolute atomic E-state index is 0.0676. The highest BCUT2D eigenvalue weighted by Gasteiger charge is 2.46. The van der Waals surface area contributed by atoms with Gasteiger partial charge in [0.15, 0.2) is 11.9 Å². The molecule has 1 aliphatic rings. The summed E-state index contributed by atoms with van der Waals surface area (Å²) in [7, 11) is 0. The van der Waals surface area contributed by atoms with E-state index in [1.54, 1.807) is 0 Å². The van der Waals surface area contributed by atoms with Gasteiger partial charge >= 0.3 is 0 Å².